The second-order valence-electron chi connectivity index (χ2n) is 5.90. The van der Waals surface area contributed by atoms with Crippen LogP contribution in [0, 0.1) is 11.7 Å². The Morgan fingerprint density at radius 3 is 2.61 bits per heavy atom. The van der Waals surface area contributed by atoms with Crippen molar-refractivity contribution in [3.05, 3.63) is 35.6 Å². The van der Waals surface area contributed by atoms with E-state index >= 15 is 0 Å². The van der Waals surface area contributed by atoms with Crippen LogP contribution in [0.15, 0.2) is 24.3 Å². The highest BCUT2D eigenvalue weighted by atomic mass is 19.1. The van der Waals surface area contributed by atoms with Crippen molar-refractivity contribution < 1.29 is 23.8 Å². The molecule has 1 fully saturated rings. The van der Waals surface area contributed by atoms with Crippen molar-refractivity contribution in [2.24, 2.45) is 5.92 Å². The Labute approximate surface area is 135 Å². The smallest absolute Gasteiger partial charge is 0.323 e. The summed E-state index contributed by atoms with van der Waals surface area (Å²) in [6.45, 7) is 2.43. The summed E-state index contributed by atoms with van der Waals surface area (Å²) >= 11 is 0. The number of halogens is 1. The fourth-order valence-electron chi connectivity index (χ4n) is 2.89. The molecule has 1 atom stereocenters. The topological polar surface area (TPSA) is 66.8 Å². The number of carboxylic acid groups (broad SMARTS) is 1. The van der Waals surface area contributed by atoms with Gasteiger partial charge in [0.15, 0.2) is 0 Å². The van der Waals surface area contributed by atoms with Crippen LogP contribution in [0.25, 0.3) is 0 Å². The average Bonchev–Trinajstić information content (AvgIpc) is 2.54. The lowest BCUT2D eigenvalue weighted by Gasteiger charge is -2.35. The van der Waals surface area contributed by atoms with Crippen LogP contribution in [0.4, 0.5) is 4.39 Å². The molecule has 5 nitrogen and oxygen atoms in total. The van der Waals surface area contributed by atoms with Crippen molar-refractivity contribution in [1.29, 1.82) is 0 Å². The number of benzene rings is 1. The third kappa shape index (κ3) is 4.76. The van der Waals surface area contributed by atoms with E-state index in [0.29, 0.717) is 31.6 Å². The first kappa shape index (κ1) is 17.4. The SMILES string of the molecule is C[C@H](Cc1ccccc1F)C(=O)N(CC(=O)O)C1CCOCC1. The Kier molecular flexibility index (Phi) is 6.10. The normalized spacial score (nSPS) is 16.8. The molecule has 1 aliphatic heterocycles. The monoisotopic (exact) mass is 323 g/mol. The van der Waals surface area contributed by atoms with Crippen molar-refractivity contribution in [3.63, 3.8) is 0 Å². The van der Waals surface area contributed by atoms with E-state index in [0.717, 1.165) is 0 Å². The van der Waals surface area contributed by atoms with Gasteiger partial charge in [-0.15, -0.1) is 0 Å². The summed E-state index contributed by atoms with van der Waals surface area (Å²) in [5.41, 5.74) is 0.468. The van der Waals surface area contributed by atoms with Crippen LogP contribution < -0.4 is 0 Å². The quantitative estimate of drug-likeness (QED) is 0.870. The van der Waals surface area contributed by atoms with Crippen LogP contribution in [0.5, 0.6) is 0 Å². The minimum atomic E-state index is -1.04. The Bertz CT molecular complexity index is 557. The molecule has 1 saturated heterocycles. The van der Waals surface area contributed by atoms with Gasteiger partial charge in [0, 0.05) is 25.2 Å². The van der Waals surface area contributed by atoms with Gasteiger partial charge in [-0.3, -0.25) is 9.59 Å². The van der Waals surface area contributed by atoms with Gasteiger partial charge in [-0.1, -0.05) is 25.1 Å². The molecule has 1 heterocycles. The second-order valence-corrected chi connectivity index (χ2v) is 5.90. The zero-order valence-electron chi connectivity index (χ0n) is 13.2. The standard InChI is InChI=1S/C17H22FNO4/c1-12(10-13-4-2-3-5-15(13)18)17(22)19(11-16(20)21)14-6-8-23-9-7-14/h2-5,12,14H,6-11H2,1H3,(H,20,21)/t12-/m1/s1. The van der Waals surface area contributed by atoms with Gasteiger partial charge in [0.05, 0.1) is 0 Å². The van der Waals surface area contributed by atoms with Gasteiger partial charge in [0.1, 0.15) is 12.4 Å². The minimum absolute atomic E-state index is 0.129. The van der Waals surface area contributed by atoms with Crippen molar-refractivity contribution >= 4 is 11.9 Å². The van der Waals surface area contributed by atoms with E-state index in [1.807, 2.05) is 0 Å². The number of carbonyl (C=O) groups is 2. The van der Waals surface area contributed by atoms with E-state index in [2.05, 4.69) is 0 Å². The Morgan fingerprint density at radius 1 is 1.35 bits per heavy atom. The summed E-state index contributed by atoms with van der Waals surface area (Å²) in [6, 6.07) is 6.21. The maximum atomic E-state index is 13.7. The second kappa shape index (κ2) is 8.06. The molecule has 0 unspecified atom stereocenters. The minimum Gasteiger partial charge on any atom is -0.480 e. The van der Waals surface area contributed by atoms with Gasteiger partial charge in [-0.25, -0.2) is 4.39 Å². The summed E-state index contributed by atoms with van der Waals surface area (Å²) in [5, 5.41) is 9.09. The molecule has 1 aromatic carbocycles. The predicted molar refractivity (Wildman–Crippen MR) is 82.5 cm³/mol. The third-order valence-electron chi connectivity index (χ3n) is 4.13. The number of amides is 1. The maximum absolute atomic E-state index is 13.7. The Hall–Kier alpha value is -1.95. The zero-order valence-corrected chi connectivity index (χ0v) is 13.2. The lowest BCUT2D eigenvalue weighted by Crippen LogP contribution is -2.48. The van der Waals surface area contributed by atoms with Crippen molar-refractivity contribution in [3.8, 4) is 0 Å². The van der Waals surface area contributed by atoms with E-state index < -0.39 is 11.9 Å². The lowest BCUT2D eigenvalue weighted by molar-refractivity contribution is -0.149. The number of carbonyl (C=O) groups excluding carboxylic acids is 1. The molecule has 0 aliphatic carbocycles. The predicted octanol–water partition coefficient (Wildman–Crippen LogP) is 2.10. The van der Waals surface area contributed by atoms with Crippen LogP contribution in [0.2, 0.25) is 0 Å². The summed E-state index contributed by atoms with van der Waals surface area (Å²) in [6.07, 6.45) is 1.52. The van der Waals surface area contributed by atoms with Gasteiger partial charge in [0.2, 0.25) is 5.91 Å². The number of hydrogen-bond acceptors (Lipinski definition) is 3. The van der Waals surface area contributed by atoms with Gasteiger partial charge in [-0.2, -0.15) is 0 Å². The largest absolute Gasteiger partial charge is 0.480 e. The van der Waals surface area contributed by atoms with Gasteiger partial charge >= 0.3 is 5.97 Å². The first-order valence-corrected chi connectivity index (χ1v) is 7.82. The maximum Gasteiger partial charge on any atom is 0.323 e. The van der Waals surface area contributed by atoms with E-state index in [-0.39, 0.29) is 30.7 Å². The van der Waals surface area contributed by atoms with Crippen molar-refractivity contribution in [1.82, 2.24) is 4.90 Å². The molecule has 0 spiro atoms. The van der Waals surface area contributed by atoms with Crippen LogP contribution in [0.1, 0.15) is 25.3 Å². The van der Waals surface area contributed by atoms with Crippen molar-refractivity contribution in [2.45, 2.75) is 32.2 Å². The van der Waals surface area contributed by atoms with Crippen LogP contribution in [0.3, 0.4) is 0 Å². The number of ether oxygens (including phenoxy) is 1. The highest BCUT2D eigenvalue weighted by Crippen LogP contribution is 2.20. The van der Waals surface area contributed by atoms with Crippen molar-refractivity contribution in [2.75, 3.05) is 19.8 Å². The molecule has 0 radical (unpaired) electrons. The van der Waals surface area contributed by atoms with Crippen LogP contribution in [-0.4, -0.2) is 47.7 Å². The number of aliphatic carboxylic acids is 1. The highest BCUT2D eigenvalue weighted by Gasteiger charge is 2.30. The van der Waals surface area contributed by atoms with Crippen LogP contribution >= 0.6 is 0 Å². The van der Waals surface area contributed by atoms with E-state index in [1.165, 1.54) is 11.0 Å². The molecule has 1 amide bonds. The molecule has 0 aromatic heterocycles. The lowest BCUT2D eigenvalue weighted by atomic mass is 9.97. The molecular formula is C17H22FNO4. The molecule has 2 rings (SSSR count). The highest BCUT2D eigenvalue weighted by molar-refractivity contribution is 5.83. The zero-order chi connectivity index (χ0) is 16.8. The molecule has 23 heavy (non-hydrogen) atoms. The molecule has 126 valence electrons. The molecule has 1 N–H and O–H groups in total. The number of rotatable bonds is 6. The van der Waals surface area contributed by atoms with Gasteiger partial charge < -0.3 is 14.7 Å². The summed E-state index contributed by atoms with van der Waals surface area (Å²) < 4.78 is 19.0. The number of hydrogen-bond donors (Lipinski definition) is 1. The van der Waals surface area contributed by atoms with Gasteiger partial charge in [0.25, 0.3) is 0 Å². The van der Waals surface area contributed by atoms with E-state index in [4.69, 9.17) is 9.84 Å². The third-order valence-corrected chi connectivity index (χ3v) is 4.13. The molecule has 6 heteroatoms. The first-order valence-electron chi connectivity index (χ1n) is 7.82. The molecular weight excluding hydrogens is 301 g/mol. The summed E-state index contributed by atoms with van der Waals surface area (Å²) in [7, 11) is 0. The molecule has 0 saturated carbocycles. The summed E-state index contributed by atoms with van der Waals surface area (Å²) in [4.78, 5) is 25.2. The Balaban J connectivity index is 2.08. The first-order chi connectivity index (χ1) is 11.0. The van der Waals surface area contributed by atoms with E-state index in [1.54, 1.807) is 25.1 Å². The fourth-order valence-corrected chi connectivity index (χ4v) is 2.89. The Morgan fingerprint density at radius 2 is 2.00 bits per heavy atom. The number of carboxylic acids is 1. The van der Waals surface area contributed by atoms with Crippen LogP contribution in [-0.2, 0) is 20.7 Å². The average molecular weight is 323 g/mol. The van der Waals surface area contributed by atoms with Gasteiger partial charge in [-0.05, 0) is 30.9 Å². The summed E-state index contributed by atoms with van der Waals surface area (Å²) in [5.74, 6) is -2.11. The van der Waals surface area contributed by atoms with E-state index in [9.17, 15) is 14.0 Å². The molecule has 1 aromatic rings. The molecule has 0 bridgehead atoms. The molecule has 1 aliphatic rings. The number of nitrogens with zero attached hydrogens (tertiary/aromatic N) is 1. The fraction of sp³-hybridized carbons (Fsp3) is 0.529.